The minimum Gasteiger partial charge on any atom is -0.370 e. The van der Waals surface area contributed by atoms with Crippen molar-refractivity contribution in [3.63, 3.8) is 0 Å². The fraction of sp³-hybridized carbons (Fsp3) is 0.143. The SMILES string of the molecule is Cc1ccc(-c2nc(C(=O)Nc3ccccc3C(=O)NCCC(N)=O)cs2)cc1. The van der Waals surface area contributed by atoms with Crippen LogP contribution in [-0.2, 0) is 4.79 Å². The fourth-order valence-corrected chi connectivity index (χ4v) is 3.38. The van der Waals surface area contributed by atoms with Gasteiger partial charge in [0.15, 0.2) is 0 Å². The van der Waals surface area contributed by atoms with Crippen LogP contribution in [0.2, 0.25) is 0 Å². The molecule has 2 aromatic carbocycles. The van der Waals surface area contributed by atoms with Gasteiger partial charge in [-0.25, -0.2) is 4.98 Å². The summed E-state index contributed by atoms with van der Waals surface area (Å²) in [5.74, 6) is -1.31. The van der Waals surface area contributed by atoms with Crippen molar-refractivity contribution in [3.05, 3.63) is 70.7 Å². The van der Waals surface area contributed by atoms with Crippen molar-refractivity contribution in [1.82, 2.24) is 10.3 Å². The third-order valence-electron chi connectivity index (χ3n) is 4.11. The van der Waals surface area contributed by atoms with Crippen molar-refractivity contribution in [3.8, 4) is 10.6 Å². The Bertz CT molecular complexity index is 1040. The average molecular weight is 408 g/mol. The quantitative estimate of drug-likeness (QED) is 0.557. The lowest BCUT2D eigenvalue weighted by Gasteiger charge is -2.10. The molecule has 0 radical (unpaired) electrons. The monoisotopic (exact) mass is 408 g/mol. The summed E-state index contributed by atoms with van der Waals surface area (Å²) in [5, 5.41) is 7.77. The maximum absolute atomic E-state index is 12.6. The van der Waals surface area contributed by atoms with Gasteiger partial charge < -0.3 is 16.4 Å². The van der Waals surface area contributed by atoms with Gasteiger partial charge in [0.25, 0.3) is 11.8 Å². The smallest absolute Gasteiger partial charge is 0.275 e. The number of rotatable bonds is 7. The summed E-state index contributed by atoms with van der Waals surface area (Å²) in [7, 11) is 0. The van der Waals surface area contributed by atoms with E-state index in [1.54, 1.807) is 29.6 Å². The van der Waals surface area contributed by atoms with Gasteiger partial charge in [0.1, 0.15) is 10.7 Å². The zero-order valence-electron chi connectivity index (χ0n) is 15.8. The number of nitrogens with one attached hydrogen (secondary N) is 2. The molecule has 0 bridgehead atoms. The summed E-state index contributed by atoms with van der Waals surface area (Å²) < 4.78 is 0. The van der Waals surface area contributed by atoms with Crippen molar-refractivity contribution in [2.45, 2.75) is 13.3 Å². The van der Waals surface area contributed by atoms with E-state index in [1.165, 1.54) is 11.3 Å². The molecule has 0 unspecified atom stereocenters. The van der Waals surface area contributed by atoms with Crippen LogP contribution < -0.4 is 16.4 Å². The largest absolute Gasteiger partial charge is 0.370 e. The van der Waals surface area contributed by atoms with Crippen LogP contribution in [0.5, 0.6) is 0 Å². The van der Waals surface area contributed by atoms with E-state index in [9.17, 15) is 14.4 Å². The van der Waals surface area contributed by atoms with E-state index in [2.05, 4.69) is 15.6 Å². The topological polar surface area (TPSA) is 114 Å². The second kappa shape index (κ2) is 9.11. The van der Waals surface area contributed by atoms with Gasteiger partial charge in [-0.2, -0.15) is 0 Å². The number of primary amides is 1. The zero-order chi connectivity index (χ0) is 20.8. The van der Waals surface area contributed by atoms with Gasteiger partial charge in [-0.1, -0.05) is 42.0 Å². The lowest BCUT2D eigenvalue weighted by Crippen LogP contribution is -2.28. The molecule has 3 rings (SSSR count). The second-order valence-electron chi connectivity index (χ2n) is 6.38. The first-order valence-corrected chi connectivity index (χ1v) is 9.81. The molecule has 0 atom stereocenters. The highest BCUT2D eigenvalue weighted by atomic mass is 32.1. The molecule has 0 spiro atoms. The minimum atomic E-state index is -0.500. The maximum atomic E-state index is 12.6. The van der Waals surface area contributed by atoms with Crippen LogP contribution in [0.15, 0.2) is 53.9 Å². The lowest BCUT2D eigenvalue weighted by molar-refractivity contribution is -0.117. The number of aromatic nitrogens is 1. The van der Waals surface area contributed by atoms with Crippen LogP contribution in [-0.4, -0.2) is 29.3 Å². The van der Waals surface area contributed by atoms with Crippen molar-refractivity contribution in [1.29, 1.82) is 0 Å². The molecule has 0 aliphatic carbocycles. The molecule has 0 aliphatic heterocycles. The highest BCUT2D eigenvalue weighted by Crippen LogP contribution is 2.25. The summed E-state index contributed by atoms with van der Waals surface area (Å²) >= 11 is 1.38. The Hall–Kier alpha value is -3.52. The lowest BCUT2D eigenvalue weighted by atomic mass is 10.1. The Morgan fingerprint density at radius 1 is 1.03 bits per heavy atom. The molecule has 29 heavy (non-hydrogen) atoms. The Morgan fingerprint density at radius 3 is 2.48 bits per heavy atom. The molecule has 3 amide bonds. The molecule has 7 nitrogen and oxygen atoms in total. The zero-order valence-corrected chi connectivity index (χ0v) is 16.6. The van der Waals surface area contributed by atoms with E-state index in [1.807, 2.05) is 31.2 Å². The summed E-state index contributed by atoms with van der Waals surface area (Å²) in [6.45, 7) is 2.13. The third kappa shape index (κ3) is 5.26. The number of nitrogens with zero attached hydrogens (tertiary/aromatic N) is 1. The van der Waals surface area contributed by atoms with Gasteiger partial charge in [0.2, 0.25) is 5.91 Å². The Kier molecular flexibility index (Phi) is 6.36. The van der Waals surface area contributed by atoms with E-state index in [4.69, 9.17) is 5.73 Å². The Morgan fingerprint density at radius 2 is 1.76 bits per heavy atom. The van der Waals surface area contributed by atoms with Crippen LogP contribution in [0.25, 0.3) is 10.6 Å². The molecule has 0 saturated heterocycles. The second-order valence-corrected chi connectivity index (χ2v) is 7.23. The first-order chi connectivity index (χ1) is 13.9. The molecule has 0 saturated carbocycles. The molecule has 0 fully saturated rings. The summed E-state index contributed by atoms with van der Waals surface area (Å²) in [4.78, 5) is 40.2. The number of anilines is 1. The predicted octanol–water partition coefficient (Wildman–Crippen LogP) is 2.98. The normalized spacial score (nSPS) is 10.4. The average Bonchev–Trinajstić information content (AvgIpc) is 3.19. The molecular formula is C21H20N4O3S. The number of amides is 3. The Balaban J connectivity index is 1.72. The summed E-state index contributed by atoms with van der Waals surface area (Å²) in [5.41, 5.74) is 8.09. The molecule has 1 heterocycles. The molecule has 1 aromatic heterocycles. The standard InChI is InChI=1S/C21H20N4O3S/c1-13-6-8-14(9-7-13)21-25-17(12-29-21)20(28)24-16-5-3-2-4-15(16)19(27)23-11-10-18(22)26/h2-9,12H,10-11H2,1H3,(H2,22,26)(H,23,27)(H,24,28). The van der Waals surface area contributed by atoms with Crippen LogP contribution in [0.4, 0.5) is 5.69 Å². The highest BCUT2D eigenvalue weighted by molar-refractivity contribution is 7.13. The number of benzene rings is 2. The molecule has 3 aromatic rings. The third-order valence-corrected chi connectivity index (χ3v) is 5.00. The van der Waals surface area contributed by atoms with E-state index >= 15 is 0 Å². The van der Waals surface area contributed by atoms with E-state index < -0.39 is 17.7 Å². The Labute approximate surface area is 172 Å². The van der Waals surface area contributed by atoms with Crippen LogP contribution in [0.1, 0.15) is 32.8 Å². The number of aryl methyl sites for hydroxylation is 1. The van der Waals surface area contributed by atoms with Gasteiger partial charge in [-0.3, -0.25) is 14.4 Å². The van der Waals surface area contributed by atoms with Crippen LogP contribution in [0.3, 0.4) is 0 Å². The molecule has 8 heteroatoms. The predicted molar refractivity (Wildman–Crippen MR) is 113 cm³/mol. The van der Waals surface area contributed by atoms with Gasteiger partial charge in [-0.15, -0.1) is 11.3 Å². The fourth-order valence-electron chi connectivity index (χ4n) is 2.58. The van der Waals surface area contributed by atoms with Gasteiger partial charge in [0, 0.05) is 23.9 Å². The van der Waals surface area contributed by atoms with Gasteiger partial charge in [0.05, 0.1) is 11.3 Å². The van der Waals surface area contributed by atoms with Crippen molar-refractivity contribution in [2.75, 3.05) is 11.9 Å². The molecular weight excluding hydrogens is 388 g/mol. The summed E-state index contributed by atoms with van der Waals surface area (Å²) in [6, 6.07) is 14.5. The number of carbonyl (C=O) groups excluding carboxylic acids is 3. The first kappa shape index (κ1) is 20.2. The van der Waals surface area contributed by atoms with Crippen molar-refractivity contribution < 1.29 is 14.4 Å². The number of carbonyl (C=O) groups is 3. The van der Waals surface area contributed by atoms with E-state index in [0.29, 0.717) is 11.3 Å². The highest BCUT2D eigenvalue weighted by Gasteiger charge is 2.16. The molecule has 4 N–H and O–H groups in total. The molecule has 0 aliphatic rings. The first-order valence-electron chi connectivity index (χ1n) is 8.93. The number of nitrogens with two attached hydrogens (primary N) is 1. The number of hydrogen-bond donors (Lipinski definition) is 3. The van der Waals surface area contributed by atoms with E-state index in [-0.39, 0.29) is 18.7 Å². The summed E-state index contributed by atoms with van der Waals surface area (Å²) in [6.07, 6.45) is 0.0425. The number of thiazole rings is 1. The minimum absolute atomic E-state index is 0.0425. The van der Waals surface area contributed by atoms with Gasteiger partial charge in [-0.05, 0) is 19.1 Å². The van der Waals surface area contributed by atoms with Crippen LogP contribution in [0, 0.1) is 6.92 Å². The van der Waals surface area contributed by atoms with Gasteiger partial charge >= 0.3 is 0 Å². The van der Waals surface area contributed by atoms with E-state index in [0.717, 1.165) is 16.1 Å². The number of hydrogen-bond acceptors (Lipinski definition) is 5. The van der Waals surface area contributed by atoms with Crippen molar-refractivity contribution >= 4 is 34.7 Å². The van der Waals surface area contributed by atoms with Crippen LogP contribution >= 0.6 is 11.3 Å². The number of para-hydroxylation sites is 1. The van der Waals surface area contributed by atoms with Crippen molar-refractivity contribution in [2.24, 2.45) is 5.73 Å². The molecule has 148 valence electrons. The maximum Gasteiger partial charge on any atom is 0.275 e.